The summed E-state index contributed by atoms with van der Waals surface area (Å²) in [4.78, 5) is 0. The monoisotopic (exact) mass is 330 g/mol. The summed E-state index contributed by atoms with van der Waals surface area (Å²) in [7, 11) is 3.66. The first-order chi connectivity index (χ1) is 11.7. The summed E-state index contributed by atoms with van der Waals surface area (Å²) in [6, 6.07) is 6.37. The number of methoxy groups -OCH3 is 1. The van der Waals surface area contributed by atoms with Crippen LogP contribution in [0.3, 0.4) is 0 Å². The maximum absolute atomic E-state index is 6.60. The minimum atomic E-state index is 0.150. The van der Waals surface area contributed by atoms with E-state index < -0.39 is 0 Å². The first-order valence-electron chi connectivity index (χ1n) is 9.43. The van der Waals surface area contributed by atoms with Gasteiger partial charge in [-0.05, 0) is 80.5 Å². The van der Waals surface area contributed by atoms with Crippen molar-refractivity contribution in [1.82, 2.24) is 5.32 Å². The fourth-order valence-corrected chi connectivity index (χ4v) is 5.64. The van der Waals surface area contributed by atoms with Gasteiger partial charge in [-0.25, -0.2) is 0 Å². The molecule has 5 rings (SSSR count). The molecule has 1 aromatic rings. The van der Waals surface area contributed by atoms with Crippen molar-refractivity contribution < 1.29 is 9.47 Å². The predicted octanol–water partition coefficient (Wildman–Crippen LogP) is 3.12. The van der Waals surface area contributed by atoms with Gasteiger partial charge in [-0.3, -0.25) is 0 Å². The average molecular weight is 330 g/mol. The molecule has 0 amide bonds. The van der Waals surface area contributed by atoms with Crippen LogP contribution in [0, 0.1) is 23.7 Å². The van der Waals surface area contributed by atoms with Gasteiger partial charge in [0.25, 0.3) is 0 Å². The summed E-state index contributed by atoms with van der Waals surface area (Å²) in [6.07, 6.45) is 7.29. The van der Waals surface area contributed by atoms with Gasteiger partial charge in [0.2, 0.25) is 0 Å². The minimum Gasteiger partial charge on any atom is -0.493 e. The molecule has 0 spiro atoms. The lowest BCUT2D eigenvalue weighted by Crippen LogP contribution is -2.50. The summed E-state index contributed by atoms with van der Waals surface area (Å²) in [5.74, 6) is 5.13. The Balaban J connectivity index is 1.58. The van der Waals surface area contributed by atoms with E-state index in [2.05, 4.69) is 17.4 Å². The van der Waals surface area contributed by atoms with E-state index >= 15 is 0 Å². The second-order valence-electron chi connectivity index (χ2n) is 8.00. The van der Waals surface area contributed by atoms with Crippen molar-refractivity contribution in [2.24, 2.45) is 29.4 Å². The van der Waals surface area contributed by atoms with Crippen molar-refractivity contribution in [2.45, 2.75) is 44.2 Å². The lowest BCUT2D eigenvalue weighted by Gasteiger charge is -2.53. The van der Waals surface area contributed by atoms with Gasteiger partial charge in [-0.1, -0.05) is 6.07 Å². The van der Waals surface area contributed by atoms with E-state index in [1.165, 1.54) is 37.7 Å². The Labute approximate surface area is 145 Å². The summed E-state index contributed by atoms with van der Waals surface area (Å²) < 4.78 is 12.2. The molecule has 3 N–H and O–H groups in total. The molecular weight excluding hydrogens is 300 g/mol. The van der Waals surface area contributed by atoms with E-state index in [0.29, 0.717) is 12.6 Å². The van der Waals surface area contributed by atoms with Gasteiger partial charge in [-0.15, -0.1) is 0 Å². The molecule has 1 unspecified atom stereocenters. The number of nitrogens with two attached hydrogens (primary N) is 1. The summed E-state index contributed by atoms with van der Waals surface area (Å²) in [5.41, 5.74) is 7.05. The van der Waals surface area contributed by atoms with E-state index in [0.717, 1.165) is 35.2 Å². The molecule has 4 aliphatic rings. The van der Waals surface area contributed by atoms with Gasteiger partial charge in [0, 0.05) is 12.6 Å². The Kier molecular flexibility index (Phi) is 4.44. The van der Waals surface area contributed by atoms with Crippen LogP contribution < -0.4 is 20.5 Å². The van der Waals surface area contributed by atoms with Crippen LogP contribution in [0.2, 0.25) is 0 Å². The SMILES string of the molecule is CNC(CN)c1ccc(OC)c(OC2C3CC4CC(C3)CC2C4)c1. The molecule has 1 aromatic carbocycles. The molecule has 4 heteroatoms. The molecule has 4 aliphatic carbocycles. The Hall–Kier alpha value is -1.26. The van der Waals surface area contributed by atoms with E-state index in [1.54, 1.807) is 7.11 Å². The normalized spacial score (nSPS) is 35.0. The van der Waals surface area contributed by atoms with Crippen LogP contribution in [0.5, 0.6) is 11.5 Å². The third-order valence-corrected chi connectivity index (χ3v) is 6.58. The molecule has 0 heterocycles. The number of ether oxygens (including phenoxy) is 2. The third kappa shape index (κ3) is 2.80. The molecule has 0 aliphatic heterocycles. The maximum Gasteiger partial charge on any atom is 0.161 e. The van der Waals surface area contributed by atoms with Crippen molar-refractivity contribution in [1.29, 1.82) is 0 Å². The van der Waals surface area contributed by atoms with Crippen molar-refractivity contribution in [3.05, 3.63) is 23.8 Å². The van der Waals surface area contributed by atoms with E-state index in [1.807, 2.05) is 13.1 Å². The fraction of sp³-hybridized carbons (Fsp3) is 0.700. The predicted molar refractivity (Wildman–Crippen MR) is 95.3 cm³/mol. The number of likely N-dealkylation sites (N-methyl/N-ethyl adjacent to an activating group) is 1. The summed E-state index contributed by atoms with van der Waals surface area (Å²) in [5, 5.41) is 3.27. The van der Waals surface area contributed by atoms with Gasteiger partial charge in [0.1, 0.15) is 6.10 Å². The van der Waals surface area contributed by atoms with Gasteiger partial charge in [-0.2, -0.15) is 0 Å². The standard InChI is InChI=1S/C20H30N2O2/c1-22-17(11-21)14-3-4-18(23-2)19(10-14)24-20-15-6-12-5-13(8-15)9-16(20)7-12/h3-4,10,12-13,15-17,20,22H,5-9,11,21H2,1-2H3. The Morgan fingerprint density at radius 1 is 1.08 bits per heavy atom. The summed E-state index contributed by atoms with van der Waals surface area (Å²) in [6.45, 7) is 0.570. The lowest BCUT2D eigenvalue weighted by atomic mass is 9.55. The maximum atomic E-state index is 6.60. The van der Waals surface area contributed by atoms with Crippen LogP contribution >= 0.6 is 0 Å². The number of nitrogens with one attached hydrogen (secondary N) is 1. The molecule has 0 saturated heterocycles. The molecule has 1 atom stereocenters. The van der Waals surface area contributed by atoms with Gasteiger partial charge >= 0.3 is 0 Å². The molecule has 4 nitrogen and oxygen atoms in total. The first-order valence-corrected chi connectivity index (χ1v) is 9.43. The number of rotatable bonds is 6. The van der Waals surface area contributed by atoms with E-state index in [4.69, 9.17) is 15.2 Å². The topological polar surface area (TPSA) is 56.5 Å². The van der Waals surface area contributed by atoms with Crippen molar-refractivity contribution in [2.75, 3.05) is 20.7 Å². The van der Waals surface area contributed by atoms with Crippen LogP contribution in [-0.2, 0) is 0 Å². The smallest absolute Gasteiger partial charge is 0.161 e. The zero-order chi connectivity index (χ0) is 16.7. The first kappa shape index (κ1) is 16.2. The second kappa shape index (κ2) is 6.57. The van der Waals surface area contributed by atoms with E-state index in [9.17, 15) is 0 Å². The highest BCUT2D eigenvalue weighted by molar-refractivity contribution is 5.44. The molecule has 0 aromatic heterocycles. The van der Waals surface area contributed by atoms with Crippen molar-refractivity contribution in [3.63, 3.8) is 0 Å². The summed E-state index contributed by atoms with van der Waals surface area (Å²) >= 11 is 0. The largest absolute Gasteiger partial charge is 0.493 e. The minimum absolute atomic E-state index is 0.150. The Morgan fingerprint density at radius 2 is 1.75 bits per heavy atom. The molecule has 132 valence electrons. The highest BCUT2D eigenvalue weighted by atomic mass is 16.5. The highest BCUT2D eigenvalue weighted by Crippen LogP contribution is 2.55. The Morgan fingerprint density at radius 3 is 2.29 bits per heavy atom. The molecular formula is C20H30N2O2. The quantitative estimate of drug-likeness (QED) is 0.841. The van der Waals surface area contributed by atoms with Crippen LogP contribution in [0.25, 0.3) is 0 Å². The van der Waals surface area contributed by atoms with Crippen LogP contribution in [-0.4, -0.2) is 26.8 Å². The fourth-order valence-electron chi connectivity index (χ4n) is 5.64. The molecule has 4 bridgehead atoms. The second-order valence-corrected chi connectivity index (χ2v) is 8.00. The van der Waals surface area contributed by atoms with Gasteiger partial charge in [0.05, 0.1) is 7.11 Å². The van der Waals surface area contributed by atoms with Crippen LogP contribution in [0.4, 0.5) is 0 Å². The van der Waals surface area contributed by atoms with Gasteiger partial charge < -0.3 is 20.5 Å². The molecule has 4 fully saturated rings. The number of hydrogen-bond donors (Lipinski definition) is 2. The third-order valence-electron chi connectivity index (χ3n) is 6.58. The van der Waals surface area contributed by atoms with Crippen LogP contribution in [0.1, 0.15) is 43.7 Å². The van der Waals surface area contributed by atoms with Gasteiger partial charge in [0.15, 0.2) is 11.5 Å². The molecule has 0 radical (unpaired) electrons. The van der Waals surface area contributed by atoms with Crippen molar-refractivity contribution >= 4 is 0 Å². The lowest BCUT2D eigenvalue weighted by molar-refractivity contribution is -0.0796. The number of benzene rings is 1. The number of hydrogen-bond acceptors (Lipinski definition) is 4. The van der Waals surface area contributed by atoms with Crippen molar-refractivity contribution in [3.8, 4) is 11.5 Å². The zero-order valence-corrected chi connectivity index (χ0v) is 14.8. The zero-order valence-electron chi connectivity index (χ0n) is 14.8. The molecule has 24 heavy (non-hydrogen) atoms. The highest BCUT2D eigenvalue weighted by Gasteiger charge is 2.49. The Bertz CT molecular complexity index is 557. The average Bonchev–Trinajstić information content (AvgIpc) is 2.59. The van der Waals surface area contributed by atoms with E-state index in [-0.39, 0.29) is 6.04 Å². The van der Waals surface area contributed by atoms with Crippen LogP contribution in [0.15, 0.2) is 18.2 Å². The molecule has 4 saturated carbocycles.